The molecular formula is C35H62N2. The van der Waals surface area contributed by atoms with Gasteiger partial charge >= 0.3 is 0 Å². The lowest BCUT2D eigenvalue weighted by atomic mass is 9.70. The van der Waals surface area contributed by atoms with E-state index in [1.54, 1.807) is 38.5 Å². The van der Waals surface area contributed by atoms with Crippen LogP contribution in [0.15, 0.2) is 0 Å². The van der Waals surface area contributed by atoms with Crippen LogP contribution >= 0.6 is 0 Å². The molecule has 6 rings (SSSR count). The summed E-state index contributed by atoms with van der Waals surface area (Å²) in [5.41, 5.74) is 0. The van der Waals surface area contributed by atoms with Gasteiger partial charge in [-0.05, 0) is 120 Å². The first-order valence-corrected chi connectivity index (χ1v) is 17.8. The molecule has 0 aromatic rings. The van der Waals surface area contributed by atoms with Gasteiger partial charge < -0.3 is 0 Å². The summed E-state index contributed by atoms with van der Waals surface area (Å²) in [5, 5.41) is 0. The summed E-state index contributed by atoms with van der Waals surface area (Å²) >= 11 is 0. The number of likely N-dealkylation sites (tertiary alicyclic amines) is 1. The molecule has 37 heavy (non-hydrogen) atoms. The van der Waals surface area contributed by atoms with Gasteiger partial charge in [-0.15, -0.1) is 0 Å². The first-order chi connectivity index (χ1) is 18.3. The summed E-state index contributed by atoms with van der Waals surface area (Å²) in [6.45, 7) is 6.20. The fourth-order valence-corrected chi connectivity index (χ4v) is 11.6. The Morgan fingerprint density at radius 1 is 0.541 bits per heavy atom. The topological polar surface area (TPSA) is 6.48 Å². The van der Waals surface area contributed by atoms with Gasteiger partial charge in [0.05, 0.1) is 0 Å². The number of rotatable bonds is 7. The van der Waals surface area contributed by atoms with Gasteiger partial charge in [-0.3, -0.25) is 9.80 Å². The molecule has 0 spiro atoms. The van der Waals surface area contributed by atoms with E-state index >= 15 is 0 Å². The fourth-order valence-electron chi connectivity index (χ4n) is 11.6. The van der Waals surface area contributed by atoms with E-state index in [4.69, 9.17) is 0 Å². The third kappa shape index (κ3) is 5.73. The Labute approximate surface area is 231 Å². The van der Waals surface area contributed by atoms with Crippen molar-refractivity contribution in [2.45, 2.75) is 185 Å². The summed E-state index contributed by atoms with van der Waals surface area (Å²) in [5.74, 6) is 5.27. The van der Waals surface area contributed by atoms with Crippen molar-refractivity contribution < 1.29 is 0 Å². The van der Waals surface area contributed by atoms with Crippen LogP contribution in [0.2, 0.25) is 0 Å². The highest BCUT2D eigenvalue weighted by molar-refractivity contribution is 5.06. The smallest absolute Gasteiger partial charge is 0.0145 e. The first kappa shape index (κ1) is 27.1. The Hall–Kier alpha value is -0.0800. The second-order valence-electron chi connectivity index (χ2n) is 14.9. The van der Waals surface area contributed by atoms with Crippen molar-refractivity contribution in [1.82, 2.24) is 9.80 Å². The molecule has 212 valence electrons. The van der Waals surface area contributed by atoms with Gasteiger partial charge in [0.25, 0.3) is 0 Å². The van der Waals surface area contributed by atoms with Gasteiger partial charge in [-0.25, -0.2) is 0 Å². The monoisotopic (exact) mass is 510 g/mol. The summed E-state index contributed by atoms with van der Waals surface area (Å²) in [4.78, 5) is 6.34. The lowest BCUT2D eigenvalue weighted by molar-refractivity contribution is -0.0152. The van der Waals surface area contributed by atoms with E-state index in [0.717, 1.165) is 59.8 Å². The zero-order valence-corrected chi connectivity index (χ0v) is 24.9. The molecule has 6 fully saturated rings. The summed E-state index contributed by atoms with van der Waals surface area (Å²) in [7, 11) is 0. The van der Waals surface area contributed by atoms with E-state index in [9.17, 15) is 0 Å². The maximum Gasteiger partial charge on any atom is 0.0145 e. The third-order valence-electron chi connectivity index (χ3n) is 13.2. The van der Waals surface area contributed by atoms with Crippen LogP contribution in [0.5, 0.6) is 0 Å². The van der Waals surface area contributed by atoms with E-state index in [0.29, 0.717) is 0 Å². The van der Waals surface area contributed by atoms with Crippen molar-refractivity contribution in [3.05, 3.63) is 0 Å². The van der Waals surface area contributed by atoms with Crippen molar-refractivity contribution in [2.75, 3.05) is 6.54 Å². The van der Waals surface area contributed by atoms with Gasteiger partial charge in [-0.2, -0.15) is 0 Å². The largest absolute Gasteiger partial charge is 0.297 e. The molecule has 5 aliphatic carbocycles. The lowest BCUT2D eigenvalue weighted by Crippen LogP contribution is -2.55. The van der Waals surface area contributed by atoms with Crippen LogP contribution in [-0.4, -0.2) is 46.6 Å². The Morgan fingerprint density at radius 3 is 1.84 bits per heavy atom. The molecule has 0 amide bonds. The minimum Gasteiger partial charge on any atom is -0.297 e. The third-order valence-corrected chi connectivity index (χ3v) is 13.2. The summed E-state index contributed by atoms with van der Waals surface area (Å²) in [6.07, 6.45) is 33.5. The molecule has 2 nitrogen and oxygen atoms in total. The molecule has 2 heteroatoms. The van der Waals surface area contributed by atoms with Crippen molar-refractivity contribution in [1.29, 1.82) is 0 Å². The maximum absolute atomic E-state index is 3.28. The van der Waals surface area contributed by atoms with E-state index in [2.05, 4.69) is 23.6 Å². The van der Waals surface area contributed by atoms with E-state index in [-0.39, 0.29) is 0 Å². The zero-order valence-electron chi connectivity index (χ0n) is 24.9. The zero-order chi connectivity index (χ0) is 25.2. The molecular weight excluding hydrogens is 448 g/mol. The van der Waals surface area contributed by atoms with E-state index in [1.165, 1.54) is 109 Å². The number of fused-ring (bicyclic) bond motifs is 3. The van der Waals surface area contributed by atoms with Gasteiger partial charge in [-0.1, -0.05) is 71.6 Å². The Balaban J connectivity index is 1.16. The van der Waals surface area contributed by atoms with Crippen LogP contribution < -0.4 is 0 Å². The van der Waals surface area contributed by atoms with Crippen molar-refractivity contribution in [2.24, 2.45) is 29.6 Å². The van der Waals surface area contributed by atoms with Crippen LogP contribution in [0, 0.1) is 29.6 Å². The standard InChI is InChI=1S/C35H62N2/c1-3-10-26-15-19-29(20-16-26)37(30-21-17-28(18-22-30)27-11-6-5-7-12-27)31-23-24-33-32-13-8-9-14-34(32)36(4-2)35(33)25-31/h26-35H,3-25H2,1-2H3. The minimum absolute atomic E-state index is 0.888. The van der Waals surface area contributed by atoms with E-state index < -0.39 is 0 Å². The van der Waals surface area contributed by atoms with Gasteiger partial charge in [0.2, 0.25) is 0 Å². The molecule has 1 aliphatic heterocycles. The van der Waals surface area contributed by atoms with Gasteiger partial charge in [0.1, 0.15) is 0 Å². The molecule has 0 aromatic carbocycles. The average Bonchev–Trinajstić information content (AvgIpc) is 3.28. The highest BCUT2D eigenvalue weighted by atomic mass is 15.3. The average molecular weight is 511 g/mol. The lowest BCUT2D eigenvalue weighted by Gasteiger charge is -2.51. The molecule has 1 heterocycles. The summed E-state index contributed by atoms with van der Waals surface area (Å²) in [6, 6.07) is 4.56. The maximum atomic E-state index is 3.28. The second-order valence-corrected chi connectivity index (χ2v) is 14.9. The van der Waals surface area contributed by atoms with Crippen LogP contribution in [0.3, 0.4) is 0 Å². The number of hydrogen-bond donors (Lipinski definition) is 0. The van der Waals surface area contributed by atoms with Crippen molar-refractivity contribution >= 4 is 0 Å². The van der Waals surface area contributed by atoms with Crippen LogP contribution in [0.1, 0.15) is 155 Å². The van der Waals surface area contributed by atoms with Gasteiger partial charge in [0, 0.05) is 30.2 Å². The quantitative estimate of drug-likeness (QED) is 0.337. The number of nitrogens with zero attached hydrogens (tertiary/aromatic N) is 2. The van der Waals surface area contributed by atoms with Crippen LogP contribution in [0.4, 0.5) is 0 Å². The Bertz CT molecular complexity index is 669. The molecule has 0 aromatic heterocycles. The van der Waals surface area contributed by atoms with Crippen molar-refractivity contribution in [3.8, 4) is 0 Å². The van der Waals surface area contributed by atoms with E-state index in [1.807, 2.05) is 0 Å². The Kier molecular flexibility index (Phi) is 9.24. The fraction of sp³-hybridized carbons (Fsp3) is 1.00. The number of hydrogen-bond acceptors (Lipinski definition) is 2. The molecule has 1 saturated heterocycles. The summed E-state index contributed by atoms with van der Waals surface area (Å²) < 4.78 is 0. The molecule has 6 aliphatic rings. The molecule has 0 radical (unpaired) electrons. The normalized spacial score (nSPS) is 44.0. The van der Waals surface area contributed by atoms with Gasteiger partial charge in [0.15, 0.2) is 0 Å². The molecule has 5 unspecified atom stereocenters. The molecule has 0 bridgehead atoms. The predicted molar refractivity (Wildman–Crippen MR) is 158 cm³/mol. The molecule has 5 atom stereocenters. The molecule has 5 saturated carbocycles. The predicted octanol–water partition coefficient (Wildman–Crippen LogP) is 9.22. The SMILES string of the molecule is CCCC1CCC(N(C2CCC(C3CCCCC3)CC2)C2CCC3C4CCCCC4N(CC)C3C2)CC1. The van der Waals surface area contributed by atoms with Crippen LogP contribution in [-0.2, 0) is 0 Å². The Morgan fingerprint density at radius 2 is 1.14 bits per heavy atom. The second kappa shape index (κ2) is 12.6. The molecule has 0 N–H and O–H groups in total. The first-order valence-electron chi connectivity index (χ1n) is 17.8. The highest BCUT2D eigenvalue weighted by Gasteiger charge is 2.52. The van der Waals surface area contributed by atoms with Crippen LogP contribution in [0.25, 0.3) is 0 Å². The minimum atomic E-state index is 0.888. The highest BCUT2D eigenvalue weighted by Crippen LogP contribution is 2.51. The van der Waals surface area contributed by atoms with Crippen molar-refractivity contribution in [3.63, 3.8) is 0 Å².